The largest absolute Gasteiger partial charge is 0.355 e. The van der Waals surface area contributed by atoms with Crippen molar-refractivity contribution in [1.29, 1.82) is 0 Å². The number of aromatic nitrogens is 3. The van der Waals surface area contributed by atoms with Crippen LogP contribution in [-0.2, 0) is 0 Å². The van der Waals surface area contributed by atoms with Gasteiger partial charge < -0.3 is 15.2 Å². The van der Waals surface area contributed by atoms with Gasteiger partial charge in [-0.05, 0) is 38.4 Å². The molecule has 4 rings (SSSR count). The summed E-state index contributed by atoms with van der Waals surface area (Å²) in [4.78, 5) is 12.4. The molecule has 0 bridgehead atoms. The summed E-state index contributed by atoms with van der Waals surface area (Å²) < 4.78 is 5.34. The van der Waals surface area contributed by atoms with Crippen molar-refractivity contribution in [2.45, 2.75) is 25.7 Å². The monoisotopic (exact) mass is 351 g/mol. The van der Waals surface area contributed by atoms with Gasteiger partial charge in [0.2, 0.25) is 0 Å². The lowest BCUT2D eigenvalue weighted by atomic mass is 9.95. The first-order valence-electron chi connectivity index (χ1n) is 8.81. The molecule has 1 amide bonds. The summed E-state index contributed by atoms with van der Waals surface area (Å²) in [5, 5.41) is 17.2. The number of piperidine rings is 1. The van der Waals surface area contributed by atoms with Gasteiger partial charge in [0, 0.05) is 29.3 Å². The van der Waals surface area contributed by atoms with Crippen LogP contribution in [0.25, 0.3) is 11.3 Å². The second-order valence-electron chi connectivity index (χ2n) is 6.58. The van der Waals surface area contributed by atoms with Crippen molar-refractivity contribution in [1.82, 2.24) is 20.7 Å². The summed E-state index contributed by atoms with van der Waals surface area (Å²) in [6, 6.07) is 11.4. The fourth-order valence-electron chi connectivity index (χ4n) is 3.28. The molecule has 134 valence electrons. The summed E-state index contributed by atoms with van der Waals surface area (Å²) >= 11 is 0. The molecule has 1 aliphatic rings. The number of aromatic amines is 1. The second kappa shape index (κ2) is 7.13. The molecule has 0 spiro atoms. The van der Waals surface area contributed by atoms with Crippen LogP contribution in [0.15, 0.2) is 40.9 Å². The Morgan fingerprint density at radius 1 is 1.23 bits per heavy atom. The highest BCUT2D eigenvalue weighted by atomic mass is 16.5. The molecule has 0 radical (unpaired) electrons. The molecule has 0 unspecified atom stereocenters. The molecule has 1 aliphatic heterocycles. The number of hydrogen-bond donors (Lipinski definition) is 3. The average Bonchev–Trinajstić information content (AvgIpc) is 3.33. The Hall–Kier alpha value is -2.93. The van der Waals surface area contributed by atoms with Crippen LogP contribution in [0.5, 0.6) is 0 Å². The first-order valence-corrected chi connectivity index (χ1v) is 8.81. The Morgan fingerprint density at radius 3 is 2.85 bits per heavy atom. The van der Waals surface area contributed by atoms with Crippen LogP contribution < -0.4 is 10.6 Å². The van der Waals surface area contributed by atoms with Gasteiger partial charge >= 0.3 is 0 Å². The smallest absolute Gasteiger partial charge is 0.279 e. The number of aryl methyl sites for hydroxylation is 1. The summed E-state index contributed by atoms with van der Waals surface area (Å²) in [7, 11) is 0. The number of carbonyl (C=O) groups excluding carboxylic acids is 1. The van der Waals surface area contributed by atoms with E-state index < -0.39 is 0 Å². The molecule has 2 aromatic heterocycles. The number of H-pyrrole nitrogens is 1. The number of carbonyl (C=O) groups is 1. The minimum absolute atomic E-state index is 0.231. The molecule has 3 N–H and O–H groups in total. The number of benzene rings is 1. The zero-order chi connectivity index (χ0) is 17.9. The van der Waals surface area contributed by atoms with E-state index in [9.17, 15) is 4.79 Å². The van der Waals surface area contributed by atoms with Crippen molar-refractivity contribution in [2.24, 2.45) is 0 Å². The molecule has 26 heavy (non-hydrogen) atoms. The van der Waals surface area contributed by atoms with Crippen molar-refractivity contribution < 1.29 is 9.32 Å². The lowest BCUT2D eigenvalue weighted by Gasteiger charge is -2.20. The van der Waals surface area contributed by atoms with Gasteiger partial charge in [-0.1, -0.05) is 29.4 Å². The molecule has 1 saturated heterocycles. The van der Waals surface area contributed by atoms with E-state index >= 15 is 0 Å². The number of amides is 1. The zero-order valence-corrected chi connectivity index (χ0v) is 14.6. The van der Waals surface area contributed by atoms with Crippen molar-refractivity contribution >= 4 is 11.7 Å². The summed E-state index contributed by atoms with van der Waals surface area (Å²) in [5.41, 5.74) is 3.28. The standard InChI is InChI=1S/C19H21N5O2/c1-12-4-2-3-5-14(12)17-10-16(24-26-17)19(25)21-18-11-15(22-23-18)13-6-8-20-9-7-13/h2-5,10-11,13,20H,6-9H2,1H3,(H2,21,22,23,25). The molecule has 0 atom stereocenters. The maximum atomic E-state index is 12.4. The predicted octanol–water partition coefficient (Wildman–Crippen LogP) is 3.09. The van der Waals surface area contributed by atoms with Crippen LogP contribution in [0.4, 0.5) is 5.82 Å². The average molecular weight is 351 g/mol. The van der Waals surface area contributed by atoms with E-state index in [4.69, 9.17) is 4.52 Å². The topological polar surface area (TPSA) is 95.8 Å². The first-order chi connectivity index (χ1) is 12.7. The molecule has 0 aliphatic carbocycles. The van der Waals surface area contributed by atoms with Crippen LogP contribution in [0.3, 0.4) is 0 Å². The van der Waals surface area contributed by atoms with Gasteiger partial charge in [-0.3, -0.25) is 9.89 Å². The fraction of sp³-hybridized carbons (Fsp3) is 0.316. The van der Waals surface area contributed by atoms with Crippen LogP contribution >= 0.6 is 0 Å². The summed E-state index contributed by atoms with van der Waals surface area (Å²) in [6.45, 7) is 4.00. The number of nitrogens with zero attached hydrogens (tertiary/aromatic N) is 2. The Kier molecular flexibility index (Phi) is 4.53. The molecular formula is C19H21N5O2. The Balaban J connectivity index is 1.46. The van der Waals surface area contributed by atoms with Gasteiger partial charge in [0.15, 0.2) is 17.3 Å². The van der Waals surface area contributed by atoms with Crippen LogP contribution in [-0.4, -0.2) is 34.4 Å². The minimum atomic E-state index is -0.336. The maximum Gasteiger partial charge on any atom is 0.279 e. The van der Waals surface area contributed by atoms with Crippen molar-refractivity contribution in [3.05, 3.63) is 53.3 Å². The normalized spacial score (nSPS) is 15.1. The van der Waals surface area contributed by atoms with Gasteiger partial charge in [-0.15, -0.1) is 0 Å². The minimum Gasteiger partial charge on any atom is -0.355 e. The number of hydrogen-bond acceptors (Lipinski definition) is 5. The highest BCUT2D eigenvalue weighted by molar-refractivity contribution is 6.02. The third-order valence-electron chi connectivity index (χ3n) is 4.77. The first kappa shape index (κ1) is 16.5. The molecule has 0 saturated carbocycles. The van der Waals surface area contributed by atoms with Gasteiger partial charge in [0.25, 0.3) is 5.91 Å². The molecule has 1 fully saturated rings. The Bertz CT molecular complexity index is 908. The van der Waals surface area contributed by atoms with Crippen LogP contribution in [0.1, 0.15) is 40.5 Å². The fourth-order valence-corrected chi connectivity index (χ4v) is 3.28. The quantitative estimate of drug-likeness (QED) is 0.671. The van der Waals surface area contributed by atoms with Crippen LogP contribution in [0, 0.1) is 6.92 Å². The molecule has 7 heteroatoms. The van der Waals surface area contributed by atoms with Crippen molar-refractivity contribution in [2.75, 3.05) is 18.4 Å². The molecular weight excluding hydrogens is 330 g/mol. The third-order valence-corrected chi connectivity index (χ3v) is 4.77. The van der Waals surface area contributed by atoms with Crippen molar-refractivity contribution in [3.63, 3.8) is 0 Å². The van der Waals surface area contributed by atoms with Crippen molar-refractivity contribution in [3.8, 4) is 11.3 Å². The van der Waals surface area contributed by atoms with E-state index in [2.05, 4.69) is 26.0 Å². The molecule has 7 nitrogen and oxygen atoms in total. The van der Waals surface area contributed by atoms with Gasteiger partial charge in [0.1, 0.15) is 0 Å². The van der Waals surface area contributed by atoms with E-state index in [0.717, 1.165) is 42.8 Å². The highest BCUT2D eigenvalue weighted by Crippen LogP contribution is 2.26. The highest BCUT2D eigenvalue weighted by Gasteiger charge is 2.19. The Morgan fingerprint density at radius 2 is 2.04 bits per heavy atom. The third kappa shape index (κ3) is 3.39. The summed E-state index contributed by atoms with van der Waals surface area (Å²) in [6.07, 6.45) is 2.14. The number of nitrogens with one attached hydrogen (secondary N) is 3. The molecule has 1 aromatic carbocycles. The maximum absolute atomic E-state index is 12.4. The van der Waals surface area contributed by atoms with Crippen LogP contribution in [0.2, 0.25) is 0 Å². The van der Waals surface area contributed by atoms with Gasteiger partial charge in [-0.2, -0.15) is 5.10 Å². The van der Waals surface area contributed by atoms with E-state index in [1.807, 2.05) is 37.3 Å². The molecule has 3 heterocycles. The van der Waals surface area contributed by atoms with Gasteiger partial charge in [0.05, 0.1) is 0 Å². The van der Waals surface area contributed by atoms with E-state index in [-0.39, 0.29) is 11.6 Å². The zero-order valence-electron chi connectivity index (χ0n) is 14.6. The number of rotatable bonds is 4. The SMILES string of the molecule is Cc1ccccc1-c1cc(C(=O)Nc2cc(C3CCNCC3)[nH]n2)no1. The predicted molar refractivity (Wildman–Crippen MR) is 98.1 cm³/mol. The number of anilines is 1. The van der Waals surface area contributed by atoms with Gasteiger partial charge in [-0.25, -0.2) is 0 Å². The summed E-state index contributed by atoms with van der Waals surface area (Å²) in [5.74, 6) is 1.20. The van der Waals surface area contributed by atoms with E-state index in [1.165, 1.54) is 0 Å². The molecule has 3 aromatic rings. The van der Waals surface area contributed by atoms with E-state index in [1.54, 1.807) is 6.07 Å². The second-order valence-corrected chi connectivity index (χ2v) is 6.58. The lowest BCUT2D eigenvalue weighted by molar-refractivity contribution is 0.101. The Labute approximate surface area is 151 Å². The lowest BCUT2D eigenvalue weighted by Crippen LogP contribution is -2.26. The van der Waals surface area contributed by atoms with E-state index in [0.29, 0.717) is 17.5 Å².